The molecule has 2 atom stereocenters. The van der Waals surface area contributed by atoms with E-state index in [4.69, 9.17) is 15.9 Å². The van der Waals surface area contributed by atoms with E-state index in [1.54, 1.807) is 0 Å². The first kappa shape index (κ1) is 8.79. The van der Waals surface area contributed by atoms with Crippen LogP contribution in [0.4, 0.5) is 4.79 Å². The third-order valence-electron chi connectivity index (χ3n) is 1.95. The zero-order valence-corrected chi connectivity index (χ0v) is 6.30. The maximum absolute atomic E-state index is 10.5. The van der Waals surface area contributed by atoms with Crippen molar-refractivity contribution in [3.05, 3.63) is 0 Å². The van der Waals surface area contributed by atoms with Gasteiger partial charge in [-0.3, -0.25) is 4.79 Å². The quantitative estimate of drug-likeness (QED) is 0.473. The lowest BCUT2D eigenvalue weighted by Crippen LogP contribution is -2.34. The molecule has 68 valence electrons. The van der Waals surface area contributed by atoms with Gasteiger partial charge in [0, 0.05) is 19.1 Å². The lowest BCUT2D eigenvalue weighted by atomic mass is 10.1. The molecule has 4 N–H and O–H groups in total. The van der Waals surface area contributed by atoms with E-state index in [0.717, 1.165) is 4.90 Å². The van der Waals surface area contributed by atoms with Crippen molar-refractivity contribution in [1.82, 2.24) is 4.90 Å². The van der Waals surface area contributed by atoms with Crippen molar-refractivity contribution in [2.24, 2.45) is 11.7 Å². The van der Waals surface area contributed by atoms with Crippen LogP contribution in [0.5, 0.6) is 0 Å². The Morgan fingerprint density at radius 1 is 1.33 bits per heavy atom. The van der Waals surface area contributed by atoms with Gasteiger partial charge in [-0.1, -0.05) is 0 Å². The predicted octanol–water partition coefficient (Wildman–Crippen LogP) is -0.992. The molecular formula is C6H10N2O4. The second kappa shape index (κ2) is 2.98. The highest BCUT2D eigenvalue weighted by molar-refractivity contribution is 5.74. The van der Waals surface area contributed by atoms with Crippen molar-refractivity contribution in [3.63, 3.8) is 0 Å². The molecule has 1 heterocycles. The van der Waals surface area contributed by atoms with Crippen LogP contribution in [-0.2, 0) is 4.79 Å². The van der Waals surface area contributed by atoms with E-state index in [1.807, 2.05) is 0 Å². The van der Waals surface area contributed by atoms with Crippen LogP contribution in [0, 0.1) is 5.92 Å². The maximum Gasteiger partial charge on any atom is 0.407 e. The van der Waals surface area contributed by atoms with Crippen LogP contribution >= 0.6 is 0 Å². The summed E-state index contributed by atoms with van der Waals surface area (Å²) in [7, 11) is 0. The summed E-state index contributed by atoms with van der Waals surface area (Å²) in [6.45, 7) is 0.0954. The van der Waals surface area contributed by atoms with Crippen LogP contribution < -0.4 is 5.73 Å². The Hall–Kier alpha value is -1.30. The minimum absolute atomic E-state index is 0.00810. The molecule has 1 aliphatic rings. The lowest BCUT2D eigenvalue weighted by Gasteiger charge is -2.08. The summed E-state index contributed by atoms with van der Waals surface area (Å²) in [4.78, 5) is 21.9. The Balaban J connectivity index is 2.62. The van der Waals surface area contributed by atoms with Gasteiger partial charge in [0.2, 0.25) is 0 Å². The number of aliphatic carboxylic acids is 1. The van der Waals surface area contributed by atoms with Gasteiger partial charge in [0.05, 0.1) is 5.92 Å². The highest BCUT2D eigenvalue weighted by Gasteiger charge is 2.37. The molecule has 1 saturated heterocycles. The number of hydrogen-bond donors (Lipinski definition) is 3. The molecule has 0 aromatic rings. The van der Waals surface area contributed by atoms with Crippen molar-refractivity contribution in [2.75, 3.05) is 13.1 Å². The van der Waals surface area contributed by atoms with Crippen LogP contribution in [0.15, 0.2) is 0 Å². The molecule has 0 aromatic heterocycles. The van der Waals surface area contributed by atoms with E-state index in [2.05, 4.69) is 0 Å². The third kappa shape index (κ3) is 1.48. The van der Waals surface area contributed by atoms with E-state index < -0.39 is 24.0 Å². The first-order chi connectivity index (χ1) is 5.52. The Labute approximate surface area is 68.6 Å². The minimum atomic E-state index is -1.12. The van der Waals surface area contributed by atoms with Crippen molar-refractivity contribution in [3.8, 4) is 0 Å². The van der Waals surface area contributed by atoms with E-state index in [0.29, 0.717) is 0 Å². The van der Waals surface area contributed by atoms with Gasteiger partial charge in [0.25, 0.3) is 0 Å². The van der Waals surface area contributed by atoms with E-state index >= 15 is 0 Å². The number of nitrogens with two attached hydrogens (primary N) is 1. The number of carboxylic acid groups (broad SMARTS) is 2. The molecule has 12 heavy (non-hydrogen) atoms. The van der Waals surface area contributed by atoms with Gasteiger partial charge < -0.3 is 20.8 Å². The monoisotopic (exact) mass is 174 g/mol. The standard InChI is InChI=1S/C6H10N2O4/c7-4-2-8(6(11)12)1-3(4)5(9)10/h3-4H,1-2,7H2,(H,9,10)(H,11,12)/t3-,4-/m1/s1. The second-order valence-electron chi connectivity index (χ2n) is 2.80. The van der Waals surface area contributed by atoms with Crippen molar-refractivity contribution >= 4 is 12.1 Å². The van der Waals surface area contributed by atoms with Gasteiger partial charge in [0.1, 0.15) is 0 Å². The Kier molecular flexibility index (Phi) is 2.18. The first-order valence-corrected chi connectivity index (χ1v) is 3.48. The zero-order chi connectivity index (χ0) is 9.30. The summed E-state index contributed by atoms with van der Waals surface area (Å²) in [5.41, 5.74) is 5.42. The summed E-state index contributed by atoms with van der Waals surface area (Å²) in [5, 5.41) is 17.1. The molecule has 0 saturated carbocycles. The molecule has 0 bridgehead atoms. The fraction of sp³-hybridized carbons (Fsp3) is 0.667. The van der Waals surface area contributed by atoms with Crippen molar-refractivity contribution in [2.45, 2.75) is 6.04 Å². The number of rotatable bonds is 1. The molecule has 6 heteroatoms. The average molecular weight is 174 g/mol. The van der Waals surface area contributed by atoms with E-state index in [1.165, 1.54) is 0 Å². The van der Waals surface area contributed by atoms with Crippen LogP contribution in [0.25, 0.3) is 0 Å². The largest absolute Gasteiger partial charge is 0.481 e. The Bertz CT molecular complexity index is 218. The van der Waals surface area contributed by atoms with Gasteiger partial charge in [-0.05, 0) is 0 Å². The van der Waals surface area contributed by atoms with Gasteiger partial charge >= 0.3 is 12.1 Å². The molecule has 0 spiro atoms. The van der Waals surface area contributed by atoms with E-state index in [9.17, 15) is 9.59 Å². The summed E-state index contributed by atoms with van der Waals surface area (Å²) in [5.74, 6) is -1.80. The third-order valence-corrected chi connectivity index (χ3v) is 1.95. The topological polar surface area (TPSA) is 104 Å². The predicted molar refractivity (Wildman–Crippen MR) is 38.7 cm³/mol. The highest BCUT2D eigenvalue weighted by Crippen LogP contribution is 2.15. The van der Waals surface area contributed by atoms with Gasteiger partial charge in [0.15, 0.2) is 0 Å². The van der Waals surface area contributed by atoms with Crippen LogP contribution in [-0.4, -0.2) is 46.3 Å². The minimum Gasteiger partial charge on any atom is -0.481 e. The number of carbonyl (C=O) groups is 2. The second-order valence-corrected chi connectivity index (χ2v) is 2.80. The van der Waals surface area contributed by atoms with Crippen LogP contribution in [0.3, 0.4) is 0 Å². The fourth-order valence-electron chi connectivity index (χ4n) is 1.25. The molecule has 0 aromatic carbocycles. The summed E-state index contributed by atoms with van der Waals surface area (Å²) < 4.78 is 0. The average Bonchev–Trinajstić information content (AvgIpc) is 2.30. The van der Waals surface area contributed by atoms with Crippen molar-refractivity contribution < 1.29 is 19.8 Å². The SMILES string of the molecule is N[C@@H]1CN(C(=O)O)C[C@H]1C(=O)O. The highest BCUT2D eigenvalue weighted by atomic mass is 16.4. The number of carboxylic acids is 1. The fourth-order valence-corrected chi connectivity index (χ4v) is 1.25. The van der Waals surface area contributed by atoms with Gasteiger partial charge in [-0.2, -0.15) is 0 Å². The molecule has 0 aliphatic carbocycles. The number of likely N-dealkylation sites (tertiary alicyclic amines) is 1. The smallest absolute Gasteiger partial charge is 0.407 e. The normalized spacial score (nSPS) is 28.9. The van der Waals surface area contributed by atoms with Crippen LogP contribution in [0.2, 0.25) is 0 Å². The molecule has 0 radical (unpaired) electrons. The molecule has 1 aliphatic heterocycles. The number of amides is 1. The molecular weight excluding hydrogens is 164 g/mol. The summed E-state index contributed by atoms with van der Waals surface area (Å²) in [6.07, 6.45) is -1.12. The summed E-state index contributed by atoms with van der Waals surface area (Å²) >= 11 is 0. The zero-order valence-electron chi connectivity index (χ0n) is 6.30. The molecule has 6 nitrogen and oxygen atoms in total. The maximum atomic E-state index is 10.5. The van der Waals surface area contributed by atoms with E-state index in [-0.39, 0.29) is 13.1 Å². The Morgan fingerprint density at radius 2 is 1.92 bits per heavy atom. The molecule has 1 fully saturated rings. The van der Waals surface area contributed by atoms with Gasteiger partial charge in [-0.25, -0.2) is 4.79 Å². The number of nitrogens with zero attached hydrogens (tertiary/aromatic N) is 1. The lowest BCUT2D eigenvalue weighted by molar-refractivity contribution is -0.141. The molecule has 1 rings (SSSR count). The first-order valence-electron chi connectivity index (χ1n) is 3.48. The Morgan fingerprint density at radius 3 is 2.17 bits per heavy atom. The molecule has 1 amide bonds. The number of hydrogen-bond acceptors (Lipinski definition) is 3. The van der Waals surface area contributed by atoms with Crippen molar-refractivity contribution in [1.29, 1.82) is 0 Å². The molecule has 0 unspecified atom stereocenters. The van der Waals surface area contributed by atoms with Gasteiger partial charge in [-0.15, -0.1) is 0 Å². The summed E-state index contributed by atoms with van der Waals surface area (Å²) in [6, 6.07) is -0.585. The van der Waals surface area contributed by atoms with Crippen LogP contribution in [0.1, 0.15) is 0 Å².